The summed E-state index contributed by atoms with van der Waals surface area (Å²) in [5.41, 5.74) is 7.61. The smallest absolute Gasteiger partial charge is 0.222 e. The predicted octanol–water partition coefficient (Wildman–Crippen LogP) is 2.84. The number of imidazole rings is 1. The lowest BCUT2D eigenvalue weighted by Gasteiger charge is -2.21. The highest BCUT2D eigenvalue weighted by molar-refractivity contribution is 5.77. The van der Waals surface area contributed by atoms with Crippen molar-refractivity contribution in [3.63, 3.8) is 0 Å². The number of nitrogens with zero attached hydrogens (tertiary/aromatic N) is 2. The van der Waals surface area contributed by atoms with Gasteiger partial charge in [0.05, 0.1) is 12.4 Å². The molecule has 0 saturated carbocycles. The molecule has 0 aliphatic carbocycles. The van der Waals surface area contributed by atoms with Crippen LogP contribution in [0.4, 0.5) is 4.39 Å². The molecule has 6 heteroatoms. The van der Waals surface area contributed by atoms with Crippen LogP contribution in [-0.2, 0) is 17.8 Å². The summed E-state index contributed by atoms with van der Waals surface area (Å²) < 4.78 is 15.7. The Morgan fingerprint density at radius 3 is 2.59 bits per heavy atom. The fraction of sp³-hybridized carbons (Fsp3) is 0.238. The molecular weight excluding hydrogens is 343 g/mol. The van der Waals surface area contributed by atoms with E-state index >= 15 is 0 Å². The zero-order chi connectivity index (χ0) is 19.1. The quantitative estimate of drug-likeness (QED) is 0.644. The average Bonchev–Trinajstić information content (AvgIpc) is 3.17. The topological polar surface area (TPSA) is 72.9 Å². The first-order valence-electron chi connectivity index (χ1n) is 8.91. The SMILES string of the molecule is NC(CC(=O)NC(Cn1ccnc1)c1ccccc1)Cc1ccccc1F. The zero-order valence-electron chi connectivity index (χ0n) is 15.0. The molecule has 1 amide bonds. The number of aromatic nitrogens is 2. The highest BCUT2D eigenvalue weighted by Crippen LogP contribution is 2.16. The molecule has 1 aromatic heterocycles. The third-order valence-corrected chi connectivity index (χ3v) is 4.38. The summed E-state index contributed by atoms with van der Waals surface area (Å²) in [7, 11) is 0. The summed E-state index contributed by atoms with van der Waals surface area (Å²) in [5, 5.41) is 3.04. The van der Waals surface area contributed by atoms with Crippen molar-refractivity contribution >= 4 is 5.91 Å². The Hall–Kier alpha value is -2.99. The Labute approximate surface area is 158 Å². The van der Waals surface area contributed by atoms with E-state index in [2.05, 4.69) is 10.3 Å². The van der Waals surface area contributed by atoms with Gasteiger partial charge in [-0.25, -0.2) is 9.37 Å². The zero-order valence-corrected chi connectivity index (χ0v) is 15.0. The second kappa shape index (κ2) is 9.09. The van der Waals surface area contributed by atoms with E-state index in [9.17, 15) is 9.18 Å². The standard InChI is InChI=1S/C21H23FN4O/c22-19-9-5-4-8-17(19)12-18(23)13-21(27)25-20(14-26-11-10-24-15-26)16-6-2-1-3-7-16/h1-11,15,18,20H,12-14,23H2,(H,25,27). The van der Waals surface area contributed by atoms with Crippen molar-refractivity contribution in [2.45, 2.75) is 31.5 Å². The molecule has 3 aromatic rings. The Bertz CT molecular complexity index is 852. The maximum Gasteiger partial charge on any atom is 0.222 e. The number of amides is 1. The van der Waals surface area contributed by atoms with Crippen LogP contribution < -0.4 is 11.1 Å². The van der Waals surface area contributed by atoms with Gasteiger partial charge in [-0.15, -0.1) is 0 Å². The largest absolute Gasteiger partial charge is 0.347 e. The Balaban J connectivity index is 1.62. The van der Waals surface area contributed by atoms with Crippen molar-refractivity contribution in [3.05, 3.63) is 90.3 Å². The number of hydrogen-bond acceptors (Lipinski definition) is 3. The van der Waals surface area contributed by atoms with Gasteiger partial charge in [0.2, 0.25) is 5.91 Å². The second-order valence-corrected chi connectivity index (χ2v) is 6.55. The normalized spacial score (nSPS) is 13.1. The molecule has 0 bridgehead atoms. The molecule has 0 aliphatic rings. The van der Waals surface area contributed by atoms with Crippen LogP contribution in [0, 0.1) is 5.82 Å². The Morgan fingerprint density at radius 1 is 1.15 bits per heavy atom. The predicted molar refractivity (Wildman–Crippen MR) is 102 cm³/mol. The number of hydrogen-bond donors (Lipinski definition) is 2. The molecule has 140 valence electrons. The fourth-order valence-electron chi connectivity index (χ4n) is 3.04. The minimum atomic E-state index is -0.452. The van der Waals surface area contributed by atoms with Gasteiger partial charge in [-0.3, -0.25) is 4.79 Å². The van der Waals surface area contributed by atoms with Crippen molar-refractivity contribution in [3.8, 4) is 0 Å². The molecule has 0 saturated heterocycles. The van der Waals surface area contributed by atoms with Crippen molar-refractivity contribution in [1.29, 1.82) is 0 Å². The van der Waals surface area contributed by atoms with Crippen LogP contribution >= 0.6 is 0 Å². The summed E-state index contributed by atoms with van der Waals surface area (Å²) in [4.78, 5) is 16.6. The van der Waals surface area contributed by atoms with E-state index < -0.39 is 6.04 Å². The number of rotatable bonds is 8. The average molecular weight is 366 g/mol. The van der Waals surface area contributed by atoms with Crippen LogP contribution in [0.15, 0.2) is 73.3 Å². The van der Waals surface area contributed by atoms with Gasteiger partial charge < -0.3 is 15.6 Å². The molecule has 0 aliphatic heterocycles. The number of carbonyl (C=O) groups excluding carboxylic acids is 1. The fourth-order valence-corrected chi connectivity index (χ4v) is 3.04. The molecule has 1 heterocycles. The third-order valence-electron chi connectivity index (χ3n) is 4.38. The Kier molecular flexibility index (Phi) is 6.33. The summed E-state index contributed by atoms with van der Waals surface area (Å²) in [6, 6.07) is 15.6. The van der Waals surface area contributed by atoms with Crippen molar-refractivity contribution in [2.75, 3.05) is 0 Å². The maximum absolute atomic E-state index is 13.8. The lowest BCUT2D eigenvalue weighted by molar-refractivity contribution is -0.122. The van der Waals surface area contributed by atoms with Crippen LogP contribution in [0.2, 0.25) is 0 Å². The van der Waals surface area contributed by atoms with Gasteiger partial charge in [0.15, 0.2) is 0 Å². The number of nitrogens with one attached hydrogen (secondary N) is 1. The molecule has 2 unspecified atom stereocenters. The van der Waals surface area contributed by atoms with Crippen LogP contribution in [0.25, 0.3) is 0 Å². The third kappa shape index (κ3) is 5.49. The molecule has 0 fully saturated rings. The monoisotopic (exact) mass is 366 g/mol. The summed E-state index contributed by atoms with van der Waals surface area (Å²) in [5.74, 6) is -0.455. The van der Waals surface area contributed by atoms with E-state index in [1.54, 1.807) is 30.7 Å². The minimum absolute atomic E-state index is 0.127. The number of carbonyl (C=O) groups is 1. The Morgan fingerprint density at radius 2 is 1.89 bits per heavy atom. The lowest BCUT2D eigenvalue weighted by Crippen LogP contribution is -2.36. The van der Waals surface area contributed by atoms with E-state index in [0.717, 1.165) is 5.56 Å². The van der Waals surface area contributed by atoms with Crippen molar-refractivity contribution in [1.82, 2.24) is 14.9 Å². The molecule has 3 rings (SSSR count). The molecule has 3 N–H and O–H groups in total. The van der Waals surface area contributed by atoms with Gasteiger partial charge in [-0.1, -0.05) is 48.5 Å². The molecule has 27 heavy (non-hydrogen) atoms. The van der Waals surface area contributed by atoms with Crippen molar-refractivity contribution in [2.24, 2.45) is 5.73 Å². The maximum atomic E-state index is 13.8. The number of benzene rings is 2. The molecule has 2 aromatic carbocycles. The van der Waals surface area contributed by atoms with E-state index in [-0.39, 0.29) is 24.2 Å². The molecular formula is C21H23FN4O. The number of nitrogens with two attached hydrogens (primary N) is 1. The van der Waals surface area contributed by atoms with Crippen LogP contribution in [-0.4, -0.2) is 21.5 Å². The van der Waals surface area contributed by atoms with E-state index in [1.165, 1.54) is 6.07 Å². The first-order valence-corrected chi connectivity index (χ1v) is 8.91. The summed E-state index contributed by atoms with van der Waals surface area (Å²) in [6.07, 6.45) is 5.71. The summed E-state index contributed by atoms with van der Waals surface area (Å²) in [6.45, 7) is 0.568. The van der Waals surface area contributed by atoms with Crippen LogP contribution in [0.3, 0.4) is 0 Å². The molecule has 0 radical (unpaired) electrons. The van der Waals surface area contributed by atoms with Gasteiger partial charge in [-0.05, 0) is 23.6 Å². The molecule has 5 nitrogen and oxygen atoms in total. The lowest BCUT2D eigenvalue weighted by atomic mass is 10.0. The molecule has 2 atom stereocenters. The van der Waals surface area contributed by atoms with Crippen molar-refractivity contribution < 1.29 is 9.18 Å². The first-order chi connectivity index (χ1) is 13.1. The summed E-state index contributed by atoms with van der Waals surface area (Å²) >= 11 is 0. The van der Waals surface area contributed by atoms with Gasteiger partial charge in [0.25, 0.3) is 0 Å². The highest BCUT2D eigenvalue weighted by atomic mass is 19.1. The minimum Gasteiger partial charge on any atom is -0.347 e. The van der Waals surface area contributed by atoms with Gasteiger partial charge in [-0.2, -0.15) is 0 Å². The van der Waals surface area contributed by atoms with E-state index in [1.807, 2.05) is 41.1 Å². The second-order valence-electron chi connectivity index (χ2n) is 6.55. The van der Waals surface area contributed by atoms with Gasteiger partial charge in [0, 0.05) is 31.4 Å². The van der Waals surface area contributed by atoms with E-state index in [4.69, 9.17) is 5.73 Å². The van der Waals surface area contributed by atoms with Gasteiger partial charge in [0.1, 0.15) is 5.82 Å². The van der Waals surface area contributed by atoms with Crippen LogP contribution in [0.1, 0.15) is 23.6 Å². The van der Waals surface area contributed by atoms with Crippen LogP contribution in [0.5, 0.6) is 0 Å². The first kappa shape index (κ1) is 18.8. The number of halogens is 1. The molecule has 0 spiro atoms. The van der Waals surface area contributed by atoms with E-state index in [0.29, 0.717) is 18.5 Å². The highest BCUT2D eigenvalue weighted by Gasteiger charge is 2.18. The van der Waals surface area contributed by atoms with Gasteiger partial charge >= 0.3 is 0 Å².